The first-order chi connectivity index (χ1) is 9.24. The van der Waals surface area contributed by atoms with Crippen molar-refractivity contribution in [2.45, 2.75) is 56.6 Å². The maximum absolute atomic E-state index is 6.07. The molecule has 3 unspecified atom stereocenters. The summed E-state index contributed by atoms with van der Waals surface area (Å²) in [5.41, 5.74) is 2.69. The van der Waals surface area contributed by atoms with Gasteiger partial charge in [0.05, 0.1) is 5.60 Å². The first-order valence-corrected chi connectivity index (χ1v) is 7.49. The third-order valence-corrected chi connectivity index (χ3v) is 4.86. The highest BCUT2D eigenvalue weighted by molar-refractivity contribution is 5.28. The first-order valence-electron chi connectivity index (χ1n) is 7.49. The van der Waals surface area contributed by atoms with E-state index < -0.39 is 0 Å². The van der Waals surface area contributed by atoms with Gasteiger partial charge in [-0.05, 0) is 57.7 Å². The quantitative estimate of drug-likeness (QED) is 0.907. The molecule has 1 aromatic rings. The Morgan fingerprint density at radius 1 is 1.47 bits per heavy atom. The zero-order chi connectivity index (χ0) is 13.3. The van der Waals surface area contributed by atoms with E-state index >= 15 is 0 Å². The predicted molar refractivity (Wildman–Crippen MR) is 76.4 cm³/mol. The Balaban J connectivity index is 1.92. The van der Waals surface area contributed by atoms with E-state index in [0.29, 0.717) is 12.0 Å². The lowest BCUT2D eigenvalue weighted by molar-refractivity contribution is -0.0192. The van der Waals surface area contributed by atoms with Crippen LogP contribution in [0, 0.1) is 0 Å². The third-order valence-electron chi connectivity index (χ3n) is 4.86. The highest BCUT2D eigenvalue weighted by Gasteiger charge is 2.43. The molecule has 0 spiro atoms. The molecule has 1 aliphatic carbocycles. The fourth-order valence-electron chi connectivity index (χ4n) is 3.95. The summed E-state index contributed by atoms with van der Waals surface area (Å²) < 4.78 is 6.07. The second kappa shape index (κ2) is 5.22. The number of hydrogen-bond acceptors (Lipinski definition) is 3. The number of nitrogens with zero attached hydrogens (tertiary/aromatic N) is 1. The molecule has 3 heteroatoms. The number of rotatable bonds is 3. The maximum atomic E-state index is 6.07. The molecule has 3 atom stereocenters. The van der Waals surface area contributed by atoms with Crippen molar-refractivity contribution in [3.8, 4) is 0 Å². The second-order valence-corrected chi connectivity index (χ2v) is 6.08. The average molecular weight is 260 g/mol. The van der Waals surface area contributed by atoms with Gasteiger partial charge in [0.1, 0.15) is 0 Å². The van der Waals surface area contributed by atoms with Gasteiger partial charge in [0.15, 0.2) is 0 Å². The molecule has 1 aromatic heterocycles. The zero-order valence-corrected chi connectivity index (χ0v) is 12.0. The molecule has 1 saturated heterocycles. The number of aryl methyl sites for hydroxylation is 1. The van der Waals surface area contributed by atoms with Crippen LogP contribution >= 0.6 is 0 Å². The van der Waals surface area contributed by atoms with E-state index in [1.807, 2.05) is 6.20 Å². The summed E-state index contributed by atoms with van der Waals surface area (Å²) in [5.74, 6) is 0.484. The van der Waals surface area contributed by atoms with Crippen LogP contribution in [0.2, 0.25) is 0 Å². The van der Waals surface area contributed by atoms with Crippen LogP contribution in [0.5, 0.6) is 0 Å². The highest BCUT2D eigenvalue weighted by atomic mass is 16.5. The summed E-state index contributed by atoms with van der Waals surface area (Å²) in [6.45, 7) is 3.16. The molecule has 2 heterocycles. The van der Waals surface area contributed by atoms with Crippen LogP contribution in [0.25, 0.3) is 0 Å². The standard InChI is InChI=1S/C16H24N2O/c1-16(9-5-11-19-16)15(17-2)13-8-3-6-12-7-4-10-18-14(12)13/h4,7,10,13,15,17H,3,5-6,8-9,11H2,1-2H3. The summed E-state index contributed by atoms with van der Waals surface area (Å²) in [5, 5.41) is 3.53. The average Bonchev–Trinajstić information content (AvgIpc) is 2.87. The number of fused-ring (bicyclic) bond motifs is 1. The maximum Gasteiger partial charge on any atom is 0.0814 e. The lowest BCUT2D eigenvalue weighted by Crippen LogP contribution is -2.51. The molecular formula is C16H24N2O. The van der Waals surface area contributed by atoms with E-state index in [1.165, 1.54) is 36.9 Å². The van der Waals surface area contributed by atoms with E-state index in [0.717, 1.165) is 13.0 Å². The van der Waals surface area contributed by atoms with Crippen LogP contribution in [0.4, 0.5) is 0 Å². The largest absolute Gasteiger partial charge is 0.374 e. The minimum Gasteiger partial charge on any atom is -0.374 e. The first kappa shape index (κ1) is 13.1. The van der Waals surface area contributed by atoms with Crippen LogP contribution in [0.1, 0.15) is 49.8 Å². The summed E-state index contributed by atoms with van der Waals surface area (Å²) in [4.78, 5) is 4.68. The molecule has 2 aliphatic rings. The van der Waals surface area contributed by atoms with E-state index in [-0.39, 0.29) is 5.60 Å². The van der Waals surface area contributed by atoms with Crippen LogP contribution in [-0.4, -0.2) is 30.3 Å². The molecular weight excluding hydrogens is 236 g/mol. The van der Waals surface area contributed by atoms with Gasteiger partial charge in [-0.2, -0.15) is 0 Å². The Bertz CT molecular complexity index is 440. The summed E-state index contributed by atoms with van der Waals surface area (Å²) in [7, 11) is 2.06. The number of hydrogen-bond donors (Lipinski definition) is 1. The topological polar surface area (TPSA) is 34.2 Å². The number of aromatic nitrogens is 1. The summed E-state index contributed by atoms with van der Waals surface area (Å²) >= 11 is 0. The highest BCUT2D eigenvalue weighted by Crippen LogP contribution is 2.40. The Labute approximate surface area is 115 Å². The molecule has 1 aliphatic heterocycles. The van der Waals surface area contributed by atoms with Crippen LogP contribution < -0.4 is 5.32 Å². The Hall–Kier alpha value is -0.930. The van der Waals surface area contributed by atoms with E-state index in [9.17, 15) is 0 Å². The van der Waals surface area contributed by atoms with Crippen LogP contribution in [0.3, 0.4) is 0 Å². The second-order valence-electron chi connectivity index (χ2n) is 6.08. The molecule has 3 nitrogen and oxygen atoms in total. The van der Waals surface area contributed by atoms with Gasteiger partial charge in [-0.3, -0.25) is 4.98 Å². The van der Waals surface area contributed by atoms with Crippen molar-refractivity contribution in [3.63, 3.8) is 0 Å². The van der Waals surface area contributed by atoms with Crippen molar-refractivity contribution in [1.29, 1.82) is 0 Å². The van der Waals surface area contributed by atoms with E-state index in [1.54, 1.807) is 0 Å². The predicted octanol–water partition coefficient (Wildman–Crippen LogP) is 2.66. The van der Waals surface area contributed by atoms with Crippen molar-refractivity contribution < 1.29 is 4.74 Å². The van der Waals surface area contributed by atoms with Crippen LogP contribution in [-0.2, 0) is 11.2 Å². The summed E-state index contributed by atoms with van der Waals surface area (Å²) in [6, 6.07) is 4.66. The minimum absolute atomic E-state index is 0.0362. The third kappa shape index (κ3) is 2.30. The SMILES string of the molecule is CNC(C1CCCc2cccnc21)C1(C)CCCO1. The molecule has 3 rings (SSSR count). The zero-order valence-electron chi connectivity index (χ0n) is 12.0. The van der Waals surface area contributed by atoms with Gasteiger partial charge in [0.25, 0.3) is 0 Å². The number of likely N-dealkylation sites (N-methyl/N-ethyl adjacent to an activating group) is 1. The molecule has 0 amide bonds. The van der Waals surface area contributed by atoms with Crippen molar-refractivity contribution in [3.05, 3.63) is 29.6 Å². The lowest BCUT2D eigenvalue weighted by Gasteiger charge is -2.40. The van der Waals surface area contributed by atoms with Crippen molar-refractivity contribution >= 4 is 0 Å². The fraction of sp³-hybridized carbons (Fsp3) is 0.688. The Kier molecular flexibility index (Phi) is 3.59. The Morgan fingerprint density at radius 3 is 3.11 bits per heavy atom. The molecule has 19 heavy (non-hydrogen) atoms. The molecule has 104 valence electrons. The number of ether oxygens (including phenoxy) is 1. The molecule has 1 N–H and O–H groups in total. The van der Waals surface area contributed by atoms with E-state index in [4.69, 9.17) is 4.74 Å². The smallest absolute Gasteiger partial charge is 0.0814 e. The molecule has 0 bridgehead atoms. The van der Waals surface area contributed by atoms with Gasteiger partial charge in [-0.1, -0.05) is 6.07 Å². The summed E-state index contributed by atoms with van der Waals surface area (Å²) in [6.07, 6.45) is 7.91. The van der Waals surface area contributed by atoms with Crippen molar-refractivity contribution in [1.82, 2.24) is 10.3 Å². The van der Waals surface area contributed by atoms with Gasteiger partial charge in [-0.25, -0.2) is 0 Å². The van der Waals surface area contributed by atoms with Gasteiger partial charge in [0, 0.05) is 30.5 Å². The monoisotopic (exact) mass is 260 g/mol. The molecule has 0 aromatic carbocycles. The molecule has 0 radical (unpaired) electrons. The minimum atomic E-state index is -0.0362. The number of pyridine rings is 1. The van der Waals surface area contributed by atoms with Gasteiger partial charge >= 0.3 is 0 Å². The van der Waals surface area contributed by atoms with Crippen molar-refractivity contribution in [2.24, 2.45) is 0 Å². The fourth-order valence-corrected chi connectivity index (χ4v) is 3.95. The van der Waals surface area contributed by atoms with Gasteiger partial charge < -0.3 is 10.1 Å². The van der Waals surface area contributed by atoms with Crippen molar-refractivity contribution in [2.75, 3.05) is 13.7 Å². The molecule has 0 saturated carbocycles. The normalized spacial score (nSPS) is 32.0. The molecule has 1 fully saturated rings. The van der Waals surface area contributed by atoms with Crippen LogP contribution in [0.15, 0.2) is 18.3 Å². The number of nitrogens with one attached hydrogen (secondary N) is 1. The van der Waals surface area contributed by atoms with Gasteiger partial charge in [0.2, 0.25) is 0 Å². The van der Waals surface area contributed by atoms with E-state index in [2.05, 4.69) is 36.4 Å². The lowest BCUT2D eigenvalue weighted by atomic mass is 9.75. The Morgan fingerprint density at radius 2 is 2.37 bits per heavy atom. The van der Waals surface area contributed by atoms with Gasteiger partial charge in [-0.15, -0.1) is 0 Å².